The first-order chi connectivity index (χ1) is 7.33. The Labute approximate surface area is 97.9 Å². The van der Waals surface area contributed by atoms with Crippen molar-refractivity contribution in [1.82, 2.24) is 4.57 Å². The van der Waals surface area contributed by atoms with Crippen LogP contribution in [-0.4, -0.2) is 10.4 Å². The lowest BCUT2D eigenvalue weighted by atomic mass is 10.1. The minimum atomic E-state index is 0.819. The maximum atomic E-state index is 5.62. The normalized spacial score (nSPS) is 10.8. The van der Waals surface area contributed by atoms with E-state index in [0.29, 0.717) is 0 Å². The number of nitrogens with zero attached hydrogens (tertiary/aromatic N) is 2. The van der Waals surface area contributed by atoms with Gasteiger partial charge in [-0.15, -0.1) is 11.6 Å². The van der Waals surface area contributed by atoms with E-state index in [9.17, 15) is 0 Å². The first-order valence-electron chi connectivity index (χ1n) is 5.90. The van der Waals surface area contributed by atoms with E-state index in [1.165, 1.54) is 38.5 Å². The molecule has 2 nitrogen and oxygen atoms in total. The van der Waals surface area contributed by atoms with E-state index in [0.717, 1.165) is 12.4 Å². The van der Waals surface area contributed by atoms with Crippen molar-refractivity contribution in [2.75, 3.05) is 5.88 Å². The molecule has 15 heavy (non-hydrogen) atoms. The van der Waals surface area contributed by atoms with E-state index >= 15 is 0 Å². The van der Waals surface area contributed by atoms with Crippen LogP contribution in [0.25, 0.3) is 0 Å². The smallest absolute Gasteiger partial charge is 0.240 e. The molecule has 1 rings (SSSR count). The fourth-order valence-corrected chi connectivity index (χ4v) is 1.92. The number of alkyl halides is 1. The molecule has 0 aliphatic carbocycles. The number of hydrogen-bond acceptors (Lipinski definition) is 0. The van der Waals surface area contributed by atoms with Crippen molar-refractivity contribution in [2.45, 2.75) is 45.1 Å². The fourth-order valence-electron chi connectivity index (χ4n) is 1.73. The summed E-state index contributed by atoms with van der Waals surface area (Å²) in [6, 6.07) is 0. The predicted octanol–water partition coefficient (Wildman–Crippen LogP) is 2.89. The van der Waals surface area contributed by atoms with Gasteiger partial charge in [0, 0.05) is 5.88 Å². The quantitative estimate of drug-likeness (QED) is 0.368. The van der Waals surface area contributed by atoms with Gasteiger partial charge >= 0.3 is 0 Å². The van der Waals surface area contributed by atoms with Gasteiger partial charge in [0.2, 0.25) is 6.33 Å². The molecule has 0 amide bonds. The highest BCUT2D eigenvalue weighted by atomic mass is 35.5. The van der Waals surface area contributed by atoms with Crippen LogP contribution >= 0.6 is 11.6 Å². The Morgan fingerprint density at radius 1 is 1.07 bits per heavy atom. The van der Waals surface area contributed by atoms with Crippen molar-refractivity contribution in [3.8, 4) is 0 Å². The van der Waals surface area contributed by atoms with Crippen molar-refractivity contribution >= 4 is 11.6 Å². The van der Waals surface area contributed by atoms with Crippen LogP contribution in [0.2, 0.25) is 0 Å². The summed E-state index contributed by atoms with van der Waals surface area (Å²) in [7, 11) is 2.06. The van der Waals surface area contributed by atoms with Crippen LogP contribution in [0.4, 0.5) is 0 Å². The fraction of sp³-hybridized carbons (Fsp3) is 0.750. The van der Waals surface area contributed by atoms with E-state index in [2.05, 4.69) is 34.9 Å². The monoisotopic (exact) mass is 229 g/mol. The van der Waals surface area contributed by atoms with E-state index in [-0.39, 0.29) is 0 Å². The average Bonchev–Trinajstić information content (AvgIpc) is 2.63. The lowest BCUT2D eigenvalue weighted by molar-refractivity contribution is -0.671. The van der Waals surface area contributed by atoms with Crippen molar-refractivity contribution in [3.05, 3.63) is 18.7 Å². The van der Waals surface area contributed by atoms with Crippen LogP contribution in [0.1, 0.15) is 38.5 Å². The second-order valence-electron chi connectivity index (χ2n) is 4.13. The maximum Gasteiger partial charge on any atom is 0.243 e. The Hall–Kier alpha value is -0.500. The van der Waals surface area contributed by atoms with Crippen LogP contribution in [0.15, 0.2) is 18.7 Å². The number of unbranched alkanes of at least 4 members (excludes halogenated alkanes) is 5. The minimum Gasteiger partial charge on any atom is -0.240 e. The van der Waals surface area contributed by atoms with Gasteiger partial charge in [0.1, 0.15) is 12.4 Å². The van der Waals surface area contributed by atoms with Crippen LogP contribution in [0.3, 0.4) is 0 Å². The zero-order valence-corrected chi connectivity index (χ0v) is 10.4. The third-order valence-electron chi connectivity index (χ3n) is 2.62. The molecule has 0 aromatic carbocycles. The largest absolute Gasteiger partial charge is 0.243 e. The molecule has 0 spiro atoms. The summed E-state index contributed by atoms with van der Waals surface area (Å²) in [4.78, 5) is 0. The Morgan fingerprint density at radius 2 is 1.73 bits per heavy atom. The van der Waals surface area contributed by atoms with Gasteiger partial charge < -0.3 is 0 Å². The van der Waals surface area contributed by atoms with Crippen molar-refractivity contribution in [2.24, 2.45) is 7.05 Å². The molecule has 0 N–H and O–H groups in total. The first-order valence-corrected chi connectivity index (χ1v) is 6.43. The molecule has 86 valence electrons. The number of aryl methyl sites for hydroxylation is 2. The molecule has 1 aromatic heterocycles. The molecule has 0 bridgehead atoms. The van der Waals surface area contributed by atoms with Gasteiger partial charge in [-0.25, -0.2) is 9.13 Å². The molecule has 0 aliphatic heterocycles. The molecule has 3 heteroatoms. The summed E-state index contributed by atoms with van der Waals surface area (Å²) in [6.45, 7) is 1.15. The second-order valence-corrected chi connectivity index (χ2v) is 4.51. The number of imidazole rings is 1. The lowest BCUT2D eigenvalue weighted by Gasteiger charge is -1.99. The van der Waals surface area contributed by atoms with Crippen molar-refractivity contribution in [3.63, 3.8) is 0 Å². The van der Waals surface area contributed by atoms with Crippen molar-refractivity contribution < 1.29 is 4.57 Å². The summed E-state index contributed by atoms with van der Waals surface area (Å²) >= 11 is 5.62. The zero-order valence-electron chi connectivity index (χ0n) is 9.66. The molecule has 0 saturated heterocycles. The molecular weight excluding hydrogens is 208 g/mol. The highest BCUT2D eigenvalue weighted by molar-refractivity contribution is 6.17. The van der Waals surface area contributed by atoms with Gasteiger partial charge in [0.15, 0.2) is 0 Å². The summed E-state index contributed by atoms with van der Waals surface area (Å²) in [5, 5.41) is 0. The third kappa shape index (κ3) is 5.83. The Balaban J connectivity index is 1.93. The molecule has 0 aliphatic rings. The predicted molar refractivity (Wildman–Crippen MR) is 64.0 cm³/mol. The minimum absolute atomic E-state index is 0.819. The Morgan fingerprint density at radius 3 is 2.33 bits per heavy atom. The molecule has 1 aromatic rings. The molecule has 1 heterocycles. The van der Waals surface area contributed by atoms with E-state index < -0.39 is 0 Å². The van der Waals surface area contributed by atoms with Crippen LogP contribution in [0, 0.1) is 0 Å². The number of hydrogen-bond donors (Lipinski definition) is 0. The topological polar surface area (TPSA) is 8.81 Å². The van der Waals surface area contributed by atoms with E-state index in [1.807, 2.05) is 0 Å². The molecule has 0 fully saturated rings. The molecular formula is C12H22ClN2+. The van der Waals surface area contributed by atoms with Gasteiger partial charge in [-0.3, -0.25) is 0 Å². The van der Waals surface area contributed by atoms with E-state index in [4.69, 9.17) is 11.6 Å². The highest BCUT2D eigenvalue weighted by Gasteiger charge is 1.98. The molecule has 0 radical (unpaired) electrons. The molecule has 0 unspecified atom stereocenters. The SMILES string of the molecule is C[n+]1ccn(CCCCCCCCCl)c1. The molecule has 0 atom stereocenters. The zero-order chi connectivity index (χ0) is 10.9. The molecule has 0 saturated carbocycles. The highest BCUT2D eigenvalue weighted by Crippen LogP contribution is 2.06. The van der Waals surface area contributed by atoms with Gasteiger partial charge in [0.25, 0.3) is 0 Å². The van der Waals surface area contributed by atoms with Crippen LogP contribution in [-0.2, 0) is 13.6 Å². The standard InChI is InChI=1S/C12H22ClN2/c1-14-10-11-15(12-14)9-7-5-3-2-4-6-8-13/h10-12H,2-9H2,1H3/q+1. The van der Waals surface area contributed by atoms with Crippen LogP contribution in [0.5, 0.6) is 0 Å². The van der Waals surface area contributed by atoms with Crippen molar-refractivity contribution in [1.29, 1.82) is 0 Å². The number of halogens is 1. The Bertz CT molecular complexity index is 258. The second kappa shape index (κ2) is 7.75. The third-order valence-corrected chi connectivity index (χ3v) is 2.89. The van der Waals surface area contributed by atoms with Crippen LogP contribution < -0.4 is 4.57 Å². The average molecular weight is 230 g/mol. The summed E-state index contributed by atoms with van der Waals surface area (Å²) in [5.41, 5.74) is 0. The van der Waals surface area contributed by atoms with Gasteiger partial charge in [-0.2, -0.15) is 0 Å². The first kappa shape index (κ1) is 12.6. The number of aromatic nitrogens is 2. The summed E-state index contributed by atoms with van der Waals surface area (Å²) in [5.74, 6) is 0.819. The Kier molecular flexibility index (Phi) is 6.49. The summed E-state index contributed by atoms with van der Waals surface area (Å²) < 4.78 is 4.33. The summed E-state index contributed by atoms with van der Waals surface area (Å²) in [6.07, 6.45) is 14.1. The van der Waals surface area contributed by atoms with E-state index in [1.54, 1.807) is 0 Å². The van der Waals surface area contributed by atoms with Gasteiger partial charge in [-0.05, 0) is 19.3 Å². The lowest BCUT2D eigenvalue weighted by Crippen LogP contribution is -2.23. The van der Waals surface area contributed by atoms with Gasteiger partial charge in [0.05, 0.1) is 13.6 Å². The van der Waals surface area contributed by atoms with Gasteiger partial charge in [-0.1, -0.05) is 19.3 Å². The number of rotatable bonds is 8. The maximum absolute atomic E-state index is 5.62.